The van der Waals surface area contributed by atoms with Crippen LogP contribution < -0.4 is 5.32 Å². The molecule has 6 rings (SSSR count). The molecule has 1 saturated carbocycles. The Balaban J connectivity index is 1.23. The minimum absolute atomic E-state index is 0.224. The minimum Gasteiger partial charge on any atom is -0.508 e. The molecule has 0 radical (unpaired) electrons. The molecule has 2 aromatic rings. The molecular weight excluding hydrogens is 623 g/mol. The number of likely N-dealkylation sites (tertiary alicyclic amines) is 1. The molecule has 0 unspecified atom stereocenters. The van der Waals surface area contributed by atoms with Gasteiger partial charge in [0.05, 0.1) is 6.04 Å². The number of phenolic OH excluding ortho intramolecular Hbond substituents is 2. The number of phenols is 2. The Bertz CT molecular complexity index is 1330. The van der Waals surface area contributed by atoms with E-state index in [4.69, 9.17) is 24.4 Å². The number of nitrogens with zero attached hydrogens (tertiary/aromatic N) is 4. The second-order valence-electron chi connectivity index (χ2n) is 15.1. The highest BCUT2D eigenvalue weighted by Crippen LogP contribution is 2.32. The zero-order chi connectivity index (χ0) is 32.9. The van der Waals surface area contributed by atoms with Gasteiger partial charge in [0.15, 0.2) is 10.2 Å². The van der Waals surface area contributed by atoms with Crippen molar-refractivity contribution in [2.24, 2.45) is 11.8 Å². The van der Waals surface area contributed by atoms with Crippen LogP contribution in [-0.2, 0) is 12.8 Å². The van der Waals surface area contributed by atoms with Crippen LogP contribution in [0.1, 0.15) is 76.3 Å². The molecule has 2 aromatic carbocycles. The molecule has 9 heteroatoms. The summed E-state index contributed by atoms with van der Waals surface area (Å²) in [6.45, 7) is 10.5. The summed E-state index contributed by atoms with van der Waals surface area (Å²) in [6.07, 6.45) is 12.0. The Morgan fingerprint density at radius 2 is 1.47 bits per heavy atom. The normalized spacial score (nSPS) is 24.9. The zero-order valence-electron chi connectivity index (χ0n) is 28.4. The molecule has 3 N–H and O–H groups in total. The van der Waals surface area contributed by atoms with Crippen molar-refractivity contribution in [2.45, 2.75) is 102 Å². The SMILES string of the molecule is CC(C)C[C@H]1CNC(=S)N1C[C@H]1CCCN1C[C@H](Cc1ccc(O)cc1)N1C[C@H](Cc2ccc(O)cc2)N(CC2CCCCC2)C1=S. The molecule has 47 heavy (non-hydrogen) atoms. The van der Waals surface area contributed by atoms with E-state index in [1.165, 1.54) is 56.1 Å². The number of thiocarbonyl (C=S) groups is 2. The lowest BCUT2D eigenvalue weighted by atomic mass is 9.88. The van der Waals surface area contributed by atoms with Crippen molar-refractivity contribution in [3.8, 4) is 11.5 Å². The van der Waals surface area contributed by atoms with Gasteiger partial charge in [0.25, 0.3) is 0 Å². The number of nitrogens with one attached hydrogen (secondary N) is 1. The summed E-state index contributed by atoms with van der Waals surface area (Å²) in [4.78, 5) is 10.3. The molecule has 0 aromatic heterocycles. The summed E-state index contributed by atoms with van der Waals surface area (Å²) < 4.78 is 0. The Kier molecular flexibility index (Phi) is 11.5. The van der Waals surface area contributed by atoms with Crippen LogP contribution >= 0.6 is 24.4 Å². The van der Waals surface area contributed by atoms with Crippen LogP contribution in [0.25, 0.3) is 0 Å². The van der Waals surface area contributed by atoms with E-state index < -0.39 is 0 Å². The van der Waals surface area contributed by atoms with Gasteiger partial charge in [-0.2, -0.15) is 0 Å². The van der Waals surface area contributed by atoms with E-state index in [0.717, 1.165) is 68.8 Å². The molecule has 3 aliphatic heterocycles. The first-order valence-corrected chi connectivity index (χ1v) is 19.0. The van der Waals surface area contributed by atoms with E-state index in [1.807, 2.05) is 12.1 Å². The Morgan fingerprint density at radius 1 is 0.787 bits per heavy atom. The standard InChI is InChI=1S/C38H55N5O2S2/c1-27(2)19-32-22-39-37(46)41(32)25-31-9-6-18-40(31)24-33(20-28-10-14-35(44)15-11-28)43-26-34(21-29-12-16-36(45)17-13-29)42(38(43)47)23-30-7-4-3-5-8-30/h10-17,27,30-34,44-45H,3-9,18-26H2,1-2H3,(H,39,46)/t31-,32+,33+,34+/m1/s1. The van der Waals surface area contributed by atoms with Gasteiger partial charge in [0.2, 0.25) is 0 Å². The Morgan fingerprint density at radius 3 is 2.15 bits per heavy atom. The molecule has 0 bridgehead atoms. The maximum atomic E-state index is 10.0. The first-order chi connectivity index (χ1) is 22.7. The first-order valence-electron chi connectivity index (χ1n) is 18.1. The average Bonchev–Trinajstić information content (AvgIpc) is 3.73. The Hall–Kier alpha value is -2.62. The van der Waals surface area contributed by atoms with Crippen molar-refractivity contribution in [3.63, 3.8) is 0 Å². The number of benzene rings is 2. The van der Waals surface area contributed by atoms with Crippen molar-refractivity contribution >= 4 is 34.7 Å². The molecule has 7 nitrogen and oxygen atoms in total. The summed E-state index contributed by atoms with van der Waals surface area (Å²) in [6, 6.07) is 17.0. The van der Waals surface area contributed by atoms with Crippen molar-refractivity contribution in [3.05, 3.63) is 59.7 Å². The third kappa shape index (κ3) is 8.70. The van der Waals surface area contributed by atoms with Gasteiger partial charge in [0, 0.05) is 50.8 Å². The smallest absolute Gasteiger partial charge is 0.172 e. The van der Waals surface area contributed by atoms with Gasteiger partial charge >= 0.3 is 0 Å². The van der Waals surface area contributed by atoms with E-state index in [1.54, 1.807) is 12.1 Å². The fourth-order valence-electron chi connectivity index (χ4n) is 8.57. The molecule has 3 heterocycles. The fourth-order valence-corrected chi connectivity index (χ4v) is 9.32. The highest BCUT2D eigenvalue weighted by atomic mass is 32.1. The van der Waals surface area contributed by atoms with Gasteiger partial charge in [-0.15, -0.1) is 0 Å². The van der Waals surface area contributed by atoms with Crippen molar-refractivity contribution in [1.82, 2.24) is 24.9 Å². The first kappa shape index (κ1) is 34.3. The van der Waals surface area contributed by atoms with Gasteiger partial charge in [-0.1, -0.05) is 57.4 Å². The summed E-state index contributed by atoms with van der Waals surface area (Å²) in [5.74, 6) is 1.95. The van der Waals surface area contributed by atoms with Crippen LogP contribution in [0.5, 0.6) is 11.5 Å². The second kappa shape index (κ2) is 15.7. The monoisotopic (exact) mass is 677 g/mol. The molecule has 0 amide bonds. The van der Waals surface area contributed by atoms with E-state index in [0.29, 0.717) is 41.5 Å². The molecule has 4 fully saturated rings. The lowest BCUT2D eigenvalue weighted by Crippen LogP contribution is -2.51. The molecule has 0 spiro atoms. The van der Waals surface area contributed by atoms with Crippen LogP contribution in [0.4, 0.5) is 0 Å². The minimum atomic E-state index is 0.224. The second-order valence-corrected chi connectivity index (χ2v) is 15.8. The van der Waals surface area contributed by atoms with Crippen LogP contribution in [0, 0.1) is 11.8 Å². The predicted octanol–water partition coefficient (Wildman–Crippen LogP) is 6.17. The number of hydrogen-bond acceptors (Lipinski definition) is 5. The molecule has 256 valence electrons. The highest BCUT2D eigenvalue weighted by Gasteiger charge is 2.41. The summed E-state index contributed by atoms with van der Waals surface area (Å²) >= 11 is 12.3. The maximum Gasteiger partial charge on any atom is 0.172 e. The van der Waals surface area contributed by atoms with Crippen LogP contribution in [0.15, 0.2) is 48.5 Å². The largest absolute Gasteiger partial charge is 0.508 e. The predicted molar refractivity (Wildman–Crippen MR) is 199 cm³/mol. The van der Waals surface area contributed by atoms with Crippen molar-refractivity contribution < 1.29 is 10.2 Å². The van der Waals surface area contributed by atoms with Crippen LogP contribution in [-0.4, -0.2) is 103 Å². The molecular formula is C38H55N5O2S2. The highest BCUT2D eigenvalue weighted by molar-refractivity contribution is 7.80. The zero-order valence-corrected chi connectivity index (χ0v) is 30.0. The van der Waals surface area contributed by atoms with Crippen LogP contribution in [0.2, 0.25) is 0 Å². The number of rotatable bonds is 13. The maximum absolute atomic E-state index is 10.0. The topological polar surface area (TPSA) is 65.4 Å². The van der Waals surface area contributed by atoms with E-state index >= 15 is 0 Å². The molecule has 3 saturated heterocycles. The fraction of sp³-hybridized carbons (Fsp3) is 0.632. The number of hydrogen-bond donors (Lipinski definition) is 3. The summed E-state index contributed by atoms with van der Waals surface area (Å²) in [5, 5.41) is 25.4. The lowest BCUT2D eigenvalue weighted by molar-refractivity contribution is 0.156. The molecule has 1 aliphatic carbocycles. The van der Waals surface area contributed by atoms with Crippen LogP contribution in [0.3, 0.4) is 0 Å². The van der Waals surface area contributed by atoms with Gasteiger partial charge in [-0.3, -0.25) is 4.90 Å². The van der Waals surface area contributed by atoms with Gasteiger partial charge < -0.3 is 30.2 Å². The lowest BCUT2D eigenvalue weighted by Gasteiger charge is -2.38. The third-order valence-electron chi connectivity index (χ3n) is 11.1. The van der Waals surface area contributed by atoms with Crippen molar-refractivity contribution in [1.29, 1.82) is 0 Å². The van der Waals surface area contributed by atoms with E-state index in [9.17, 15) is 10.2 Å². The average molecular weight is 678 g/mol. The quantitative estimate of drug-likeness (QED) is 0.216. The molecule has 4 atom stereocenters. The van der Waals surface area contributed by atoms with Gasteiger partial charge in [0.1, 0.15) is 11.5 Å². The third-order valence-corrected chi connectivity index (χ3v) is 11.9. The van der Waals surface area contributed by atoms with Crippen molar-refractivity contribution in [2.75, 3.05) is 39.3 Å². The summed E-state index contributed by atoms with van der Waals surface area (Å²) in [7, 11) is 0. The summed E-state index contributed by atoms with van der Waals surface area (Å²) in [5.41, 5.74) is 2.47. The van der Waals surface area contributed by atoms with Gasteiger partial charge in [-0.25, -0.2) is 0 Å². The Labute approximate surface area is 293 Å². The van der Waals surface area contributed by atoms with Gasteiger partial charge in [-0.05, 0) is 123 Å². The van der Waals surface area contributed by atoms with E-state index in [2.05, 4.69) is 63.0 Å². The molecule has 4 aliphatic rings. The van der Waals surface area contributed by atoms with E-state index in [-0.39, 0.29) is 6.04 Å². The number of aromatic hydroxyl groups is 2.